The number of hydrogen-bond donors (Lipinski definition) is 2. The van der Waals surface area contributed by atoms with Crippen molar-refractivity contribution in [2.45, 2.75) is 44.7 Å². The van der Waals surface area contributed by atoms with Crippen LogP contribution in [0.4, 0.5) is 0 Å². The van der Waals surface area contributed by atoms with E-state index in [1.807, 2.05) is 0 Å². The molecule has 0 saturated carbocycles. The second-order valence-electron chi connectivity index (χ2n) is 8.19. The minimum absolute atomic E-state index is 0.0618. The number of nitrogens with zero attached hydrogens (tertiary/aromatic N) is 5. The molecule has 2 fully saturated rings. The van der Waals surface area contributed by atoms with Crippen LogP contribution in [0.3, 0.4) is 0 Å². The van der Waals surface area contributed by atoms with E-state index >= 15 is 0 Å². The molecule has 156 valence electrons. The lowest BCUT2D eigenvalue weighted by atomic mass is 9.93. The molecule has 2 aromatic rings. The van der Waals surface area contributed by atoms with Crippen molar-refractivity contribution in [1.82, 2.24) is 35.7 Å². The number of tetrazole rings is 1. The van der Waals surface area contributed by atoms with Crippen LogP contribution in [0.1, 0.15) is 37.1 Å². The van der Waals surface area contributed by atoms with Gasteiger partial charge in [-0.15, -0.1) is 10.2 Å². The summed E-state index contributed by atoms with van der Waals surface area (Å²) in [6.45, 7) is 5.77. The first-order valence-corrected chi connectivity index (χ1v) is 10.8. The molecular formula is C21H31N7O. The number of rotatable bonds is 7. The maximum atomic E-state index is 12.6. The Morgan fingerprint density at radius 3 is 2.72 bits per heavy atom. The van der Waals surface area contributed by atoms with Crippen LogP contribution in [0.15, 0.2) is 30.3 Å². The fourth-order valence-corrected chi connectivity index (χ4v) is 4.56. The van der Waals surface area contributed by atoms with E-state index in [-0.39, 0.29) is 11.8 Å². The largest absolute Gasteiger partial charge is 0.348 e. The van der Waals surface area contributed by atoms with Gasteiger partial charge >= 0.3 is 0 Å². The minimum atomic E-state index is 0.0618. The second-order valence-corrected chi connectivity index (χ2v) is 8.19. The molecule has 0 bridgehead atoms. The van der Waals surface area contributed by atoms with E-state index in [0.717, 1.165) is 52.0 Å². The Kier molecular flexibility index (Phi) is 6.84. The van der Waals surface area contributed by atoms with Crippen molar-refractivity contribution in [3.8, 4) is 0 Å². The average Bonchev–Trinajstić information content (AvgIpc) is 3.31. The molecule has 2 aliphatic rings. The monoisotopic (exact) mass is 397 g/mol. The van der Waals surface area contributed by atoms with Gasteiger partial charge in [-0.25, -0.2) is 0 Å². The van der Waals surface area contributed by atoms with Crippen molar-refractivity contribution in [2.75, 3.05) is 32.7 Å². The van der Waals surface area contributed by atoms with Crippen molar-refractivity contribution in [1.29, 1.82) is 0 Å². The fourth-order valence-electron chi connectivity index (χ4n) is 4.56. The first-order valence-electron chi connectivity index (χ1n) is 10.8. The molecule has 2 aliphatic heterocycles. The highest BCUT2D eigenvalue weighted by atomic mass is 16.1. The number of aromatic amines is 1. The third kappa shape index (κ3) is 5.61. The van der Waals surface area contributed by atoms with E-state index in [1.54, 1.807) is 0 Å². The molecule has 0 radical (unpaired) electrons. The molecular weight excluding hydrogens is 366 g/mol. The predicted octanol–water partition coefficient (Wildman–Crippen LogP) is 1.23. The number of piperidine rings is 2. The third-order valence-corrected chi connectivity index (χ3v) is 6.27. The van der Waals surface area contributed by atoms with E-state index in [4.69, 9.17) is 0 Å². The highest BCUT2D eigenvalue weighted by Gasteiger charge is 2.31. The number of benzene rings is 1. The summed E-state index contributed by atoms with van der Waals surface area (Å²) in [7, 11) is 0. The van der Waals surface area contributed by atoms with Gasteiger partial charge in [-0.2, -0.15) is 5.21 Å². The Labute approximate surface area is 172 Å². The van der Waals surface area contributed by atoms with Crippen LogP contribution < -0.4 is 5.32 Å². The first kappa shape index (κ1) is 20.0. The summed E-state index contributed by atoms with van der Waals surface area (Å²) in [5.74, 6) is 0.695. The average molecular weight is 398 g/mol. The molecule has 1 aromatic heterocycles. The zero-order valence-electron chi connectivity index (χ0n) is 17.0. The molecule has 3 heterocycles. The second kappa shape index (κ2) is 9.93. The number of amides is 1. The van der Waals surface area contributed by atoms with Gasteiger partial charge < -0.3 is 10.2 Å². The van der Waals surface area contributed by atoms with Gasteiger partial charge in [0, 0.05) is 19.1 Å². The van der Waals surface area contributed by atoms with E-state index in [1.165, 1.54) is 18.4 Å². The lowest BCUT2D eigenvalue weighted by Gasteiger charge is -2.42. The van der Waals surface area contributed by atoms with Gasteiger partial charge in [-0.05, 0) is 57.3 Å². The molecule has 4 rings (SSSR count). The molecule has 8 heteroatoms. The lowest BCUT2D eigenvalue weighted by molar-refractivity contribution is -0.127. The van der Waals surface area contributed by atoms with Gasteiger partial charge in [0.25, 0.3) is 0 Å². The summed E-state index contributed by atoms with van der Waals surface area (Å²) in [5, 5.41) is 16.7. The first-order chi connectivity index (χ1) is 14.3. The van der Waals surface area contributed by atoms with Gasteiger partial charge in [0.1, 0.15) is 0 Å². The number of likely N-dealkylation sites (tertiary alicyclic amines) is 2. The van der Waals surface area contributed by atoms with Gasteiger partial charge in [-0.3, -0.25) is 9.69 Å². The molecule has 2 N–H and O–H groups in total. The lowest BCUT2D eigenvalue weighted by Crippen LogP contribution is -2.50. The Morgan fingerprint density at radius 2 is 1.97 bits per heavy atom. The zero-order chi connectivity index (χ0) is 19.9. The fraction of sp³-hybridized carbons (Fsp3) is 0.619. The SMILES string of the molecule is O=C(NCc1nn[nH]n1)C1CCCN(C2CCN(CCc3ccccc3)CC2)C1. The van der Waals surface area contributed by atoms with Crippen molar-refractivity contribution >= 4 is 5.91 Å². The van der Waals surface area contributed by atoms with Gasteiger partial charge in [0.15, 0.2) is 5.82 Å². The standard InChI is InChI=1S/C21H31N7O/c29-21(22-15-20-23-25-26-24-20)18-7-4-11-28(16-18)19-9-13-27(14-10-19)12-8-17-5-2-1-3-6-17/h1-3,5-6,18-19H,4,7-16H2,(H,22,29)(H,23,24,25,26). The van der Waals surface area contributed by atoms with E-state index in [9.17, 15) is 4.79 Å². The maximum Gasteiger partial charge on any atom is 0.224 e. The van der Waals surface area contributed by atoms with Crippen molar-refractivity contribution < 1.29 is 4.79 Å². The number of nitrogens with one attached hydrogen (secondary N) is 2. The number of carbonyl (C=O) groups is 1. The highest BCUT2D eigenvalue weighted by Crippen LogP contribution is 2.24. The Morgan fingerprint density at radius 1 is 1.14 bits per heavy atom. The predicted molar refractivity (Wildman–Crippen MR) is 110 cm³/mol. The van der Waals surface area contributed by atoms with Gasteiger partial charge in [-0.1, -0.05) is 35.5 Å². The molecule has 0 aliphatic carbocycles. The van der Waals surface area contributed by atoms with Crippen LogP contribution >= 0.6 is 0 Å². The van der Waals surface area contributed by atoms with Crippen LogP contribution in [0.5, 0.6) is 0 Å². The van der Waals surface area contributed by atoms with Gasteiger partial charge in [0.05, 0.1) is 12.5 Å². The summed E-state index contributed by atoms with van der Waals surface area (Å²) in [6, 6.07) is 11.3. The molecule has 1 amide bonds. The summed E-state index contributed by atoms with van der Waals surface area (Å²) in [6.07, 6.45) is 5.58. The summed E-state index contributed by atoms with van der Waals surface area (Å²) in [5.41, 5.74) is 1.42. The quantitative estimate of drug-likeness (QED) is 0.731. The molecule has 2 saturated heterocycles. The Bertz CT molecular complexity index is 744. The number of carbonyl (C=O) groups excluding carboxylic acids is 1. The number of H-pyrrole nitrogens is 1. The molecule has 1 aromatic carbocycles. The van der Waals surface area contributed by atoms with Crippen LogP contribution in [0.25, 0.3) is 0 Å². The van der Waals surface area contributed by atoms with Crippen LogP contribution in [0, 0.1) is 5.92 Å². The minimum Gasteiger partial charge on any atom is -0.348 e. The van der Waals surface area contributed by atoms with Crippen molar-refractivity contribution in [3.05, 3.63) is 41.7 Å². The molecule has 1 unspecified atom stereocenters. The van der Waals surface area contributed by atoms with Crippen LogP contribution in [-0.2, 0) is 17.8 Å². The summed E-state index contributed by atoms with van der Waals surface area (Å²) < 4.78 is 0. The summed E-state index contributed by atoms with van der Waals surface area (Å²) in [4.78, 5) is 17.7. The van der Waals surface area contributed by atoms with Crippen molar-refractivity contribution in [2.24, 2.45) is 5.92 Å². The van der Waals surface area contributed by atoms with E-state index in [0.29, 0.717) is 18.4 Å². The third-order valence-electron chi connectivity index (χ3n) is 6.27. The topological polar surface area (TPSA) is 90.0 Å². The van der Waals surface area contributed by atoms with Crippen molar-refractivity contribution in [3.63, 3.8) is 0 Å². The Hall–Kier alpha value is -2.32. The normalized spacial score (nSPS) is 21.9. The molecule has 0 spiro atoms. The maximum absolute atomic E-state index is 12.6. The van der Waals surface area contributed by atoms with E-state index in [2.05, 4.69) is 66.1 Å². The summed E-state index contributed by atoms with van der Waals surface area (Å²) >= 11 is 0. The molecule has 29 heavy (non-hydrogen) atoms. The number of hydrogen-bond acceptors (Lipinski definition) is 6. The van der Waals surface area contributed by atoms with Crippen LogP contribution in [-0.4, -0.2) is 75.1 Å². The number of aromatic nitrogens is 4. The smallest absolute Gasteiger partial charge is 0.224 e. The Balaban J connectivity index is 1.19. The van der Waals surface area contributed by atoms with E-state index < -0.39 is 0 Å². The van der Waals surface area contributed by atoms with Gasteiger partial charge in [0.2, 0.25) is 5.91 Å². The molecule has 8 nitrogen and oxygen atoms in total. The molecule has 1 atom stereocenters. The highest BCUT2D eigenvalue weighted by molar-refractivity contribution is 5.78. The zero-order valence-corrected chi connectivity index (χ0v) is 17.0. The van der Waals surface area contributed by atoms with Crippen LogP contribution in [0.2, 0.25) is 0 Å².